The summed E-state index contributed by atoms with van der Waals surface area (Å²) in [6.45, 7) is 7.72. The molecule has 0 aromatic heterocycles. The smallest absolute Gasteiger partial charge is 0.265 e. The molecule has 0 spiro atoms. The number of carbonyl (C=O) groups is 1. The molecule has 2 aromatic carbocycles. The van der Waals surface area contributed by atoms with Gasteiger partial charge in [-0.3, -0.25) is 4.79 Å². The van der Waals surface area contributed by atoms with Gasteiger partial charge in [-0.15, -0.1) is 0 Å². The Morgan fingerprint density at radius 1 is 1.17 bits per heavy atom. The number of anilines is 1. The first-order valence-corrected chi connectivity index (χ1v) is 8.45. The molecule has 0 heterocycles. The zero-order valence-electron chi connectivity index (χ0n) is 13.5. The maximum Gasteiger partial charge on any atom is 0.265 e. The summed E-state index contributed by atoms with van der Waals surface area (Å²) in [6, 6.07) is 9.28. The molecule has 0 bridgehead atoms. The highest BCUT2D eigenvalue weighted by Gasteiger charge is 2.18. The molecule has 1 amide bonds. The summed E-state index contributed by atoms with van der Waals surface area (Å²) in [4.78, 5) is 12.4. The minimum Gasteiger partial charge on any atom is -0.480 e. The lowest BCUT2D eigenvalue weighted by atomic mass is 10.0. The van der Waals surface area contributed by atoms with E-state index < -0.39 is 6.10 Å². The summed E-state index contributed by atoms with van der Waals surface area (Å²) >= 11 is 9.29. The molecule has 2 rings (SSSR count). The molecule has 1 atom stereocenters. The molecule has 3 nitrogen and oxygen atoms in total. The van der Waals surface area contributed by atoms with Crippen LogP contribution in [0.15, 0.2) is 34.8 Å². The van der Waals surface area contributed by atoms with E-state index in [0.717, 1.165) is 16.8 Å². The lowest BCUT2D eigenvalue weighted by Crippen LogP contribution is -2.30. The van der Waals surface area contributed by atoms with Crippen molar-refractivity contribution >= 4 is 39.1 Å². The van der Waals surface area contributed by atoms with Crippen molar-refractivity contribution in [3.63, 3.8) is 0 Å². The van der Waals surface area contributed by atoms with Crippen molar-refractivity contribution in [3.8, 4) is 5.75 Å². The highest BCUT2D eigenvalue weighted by Crippen LogP contribution is 2.29. The Balaban J connectivity index is 2.11. The maximum atomic E-state index is 12.4. The van der Waals surface area contributed by atoms with Crippen LogP contribution in [0.2, 0.25) is 5.02 Å². The van der Waals surface area contributed by atoms with E-state index in [1.54, 1.807) is 25.1 Å². The van der Waals surface area contributed by atoms with Gasteiger partial charge in [-0.25, -0.2) is 0 Å². The van der Waals surface area contributed by atoms with E-state index in [4.69, 9.17) is 16.3 Å². The quantitative estimate of drug-likeness (QED) is 0.748. The SMILES string of the molecule is Cc1cc(C)c(NC(=O)[C@@H](C)Oc2ccc(Cl)cc2Br)c(C)c1. The van der Waals surface area contributed by atoms with Crippen LogP contribution in [-0.2, 0) is 4.79 Å². The summed E-state index contributed by atoms with van der Waals surface area (Å²) < 4.78 is 6.44. The van der Waals surface area contributed by atoms with Gasteiger partial charge >= 0.3 is 0 Å². The van der Waals surface area contributed by atoms with Gasteiger partial charge in [-0.05, 0) is 73.0 Å². The topological polar surface area (TPSA) is 38.3 Å². The van der Waals surface area contributed by atoms with E-state index in [9.17, 15) is 4.79 Å². The highest BCUT2D eigenvalue weighted by molar-refractivity contribution is 9.10. The molecule has 0 fully saturated rings. The molecular formula is C18H19BrClNO2. The third-order valence-electron chi connectivity index (χ3n) is 3.49. The van der Waals surface area contributed by atoms with E-state index in [1.807, 2.05) is 32.9 Å². The Bertz CT molecular complexity index is 723. The monoisotopic (exact) mass is 395 g/mol. The predicted octanol–water partition coefficient (Wildman–Crippen LogP) is 5.43. The van der Waals surface area contributed by atoms with E-state index in [-0.39, 0.29) is 5.91 Å². The number of ether oxygens (including phenoxy) is 1. The highest BCUT2D eigenvalue weighted by atomic mass is 79.9. The summed E-state index contributed by atoms with van der Waals surface area (Å²) in [5.41, 5.74) is 4.09. The fraction of sp³-hybridized carbons (Fsp3) is 0.278. The van der Waals surface area contributed by atoms with Crippen LogP contribution >= 0.6 is 27.5 Å². The Morgan fingerprint density at radius 2 is 1.78 bits per heavy atom. The number of hydrogen-bond donors (Lipinski definition) is 1. The van der Waals surface area contributed by atoms with Gasteiger partial charge in [-0.1, -0.05) is 29.3 Å². The standard InChI is InChI=1S/C18H19BrClNO2/c1-10-7-11(2)17(12(3)8-10)21-18(22)13(4)23-16-6-5-14(20)9-15(16)19/h5-9,13H,1-4H3,(H,21,22)/t13-/m1/s1. The lowest BCUT2D eigenvalue weighted by molar-refractivity contribution is -0.122. The van der Waals surface area contributed by atoms with Crippen LogP contribution in [0.4, 0.5) is 5.69 Å². The minimum atomic E-state index is -0.632. The molecule has 0 saturated carbocycles. The second-order valence-corrected chi connectivity index (χ2v) is 6.89. The van der Waals surface area contributed by atoms with E-state index >= 15 is 0 Å². The number of hydrogen-bond acceptors (Lipinski definition) is 2. The number of rotatable bonds is 4. The van der Waals surface area contributed by atoms with Gasteiger partial charge in [0.15, 0.2) is 6.10 Å². The van der Waals surface area contributed by atoms with Crippen molar-refractivity contribution in [3.05, 3.63) is 56.5 Å². The fourth-order valence-electron chi connectivity index (χ4n) is 2.42. The molecule has 0 aliphatic heterocycles. The van der Waals surface area contributed by atoms with Gasteiger partial charge in [0.2, 0.25) is 0 Å². The van der Waals surface area contributed by atoms with Gasteiger partial charge in [0, 0.05) is 10.7 Å². The second kappa shape index (κ2) is 7.37. The van der Waals surface area contributed by atoms with Gasteiger partial charge in [0.05, 0.1) is 4.47 Å². The lowest BCUT2D eigenvalue weighted by Gasteiger charge is -2.18. The van der Waals surface area contributed by atoms with Gasteiger partial charge in [-0.2, -0.15) is 0 Å². The number of benzene rings is 2. The Labute approximate surface area is 150 Å². The first kappa shape index (κ1) is 17.8. The molecule has 0 aliphatic carbocycles. The molecule has 0 unspecified atom stereocenters. The largest absolute Gasteiger partial charge is 0.480 e. The van der Waals surface area contributed by atoms with Crippen LogP contribution < -0.4 is 10.1 Å². The summed E-state index contributed by atoms with van der Waals surface area (Å²) in [6.07, 6.45) is -0.632. The number of carbonyl (C=O) groups excluding carboxylic acids is 1. The molecule has 23 heavy (non-hydrogen) atoms. The van der Waals surface area contributed by atoms with Crippen LogP contribution in [0, 0.1) is 20.8 Å². The molecule has 1 N–H and O–H groups in total. The van der Waals surface area contributed by atoms with Crippen LogP contribution in [0.1, 0.15) is 23.6 Å². The molecule has 122 valence electrons. The van der Waals surface area contributed by atoms with Crippen molar-refractivity contribution < 1.29 is 9.53 Å². The fourth-order valence-corrected chi connectivity index (χ4v) is 3.19. The van der Waals surface area contributed by atoms with Crippen molar-refractivity contribution in [1.29, 1.82) is 0 Å². The molecule has 0 saturated heterocycles. The van der Waals surface area contributed by atoms with Gasteiger partial charge in [0.1, 0.15) is 5.75 Å². The molecule has 0 aliphatic rings. The van der Waals surface area contributed by atoms with Crippen molar-refractivity contribution in [2.75, 3.05) is 5.32 Å². The third kappa shape index (κ3) is 4.49. The Kier molecular flexibility index (Phi) is 5.71. The average molecular weight is 397 g/mol. The third-order valence-corrected chi connectivity index (χ3v) is 4.35. The number of halogens is 2. The minimum absolute atomic E-state index is 0.193. The van der Waals surface area contributed by atoms with Gasteiger partial charge < -0.3 is 10.1 Å². The van der Waals surface area contributed by atoms with Crippen LogP contribution in [0.3, 0.4) is 0 Å². The van der Waals surface area contributed by atoms with E-state index in [2.05, 4.69) is 21.2 Å². The Morgan fingerprint density at radius 3 is 2.35 bits per heavy atom. The van der Waals surface area contributed by atoms with E-state index in [0.29, 0.717) is 15.2 Å². The summed E-state index contributed by atoms with van der Waals surface area (Å²) in [7, 11) is 0. The second-order valence-electron chi connectivity index (χ2n) is 5.60. The van der Waals surface area contributed by atoms with Crippen molar-refractivity contribution in [1.82, 2.24) is 0 Å². The number of aryl methyl sites for hydroxylation is 3. The number of nitrogens with one attached hydrogen (secondary N) is 1. The summed E-state index contributed by atoms with van der Waals surface area (Å²) in [5.74, 6) is 0.385. The maximum absolute atomic E-state index is 12.4. The summed E-state index contributed by atoms with van der Waals surface area (Å²) in [5, 5.41) is 3.56. The zero-order chi connectivity index (χ0) is 17.1. The first-order chi connectivity index (χ1) is 10.8. The molecular weight excluding hydrogens is 378 g/mol. The molecule has 0 radical (unpaired) electrons. The number of amides is 1. The van der Waals surface area contributed by atoms with Crippen molar-refractivity contribution in [2.45, 2.75) is 33.8 Å². The normalized spacial score (nSPS) is 11.9. The van der Waals surface area contributed by atoms with Gasteiger partial charge in [0.25, 0.3) is 5.91 Å². The van der Waals surface area contributed by atoms with Crippen LogP contribution in [0.25, 0.3) is 0 Å². The molecule has 5 heteroatoms. The van der Waals surface area contributed by atoms with Crippen LogP contribution in [-0.4, -0.2) is 12.0 Å². The Hall–Kier alpha value is -1.52. The van der Waals surface area contributed by atoms with E-state index in [1.165, 1.54) is 5.56 Å². The average Bonchev–Trinajstić information content (AvgIpc) is 2.45. The zero-order valence-corrected chi connectivity index (χ0v) is 15.9. The van der Waals surface area contributed by atoms with Crippen molar-refractivity contribution in [2.24, 2.45) is 0 Å². The first-order valence-electron chi connectivity index (χ1n) is 7.28. The molecule has 2 aromatic rings. The van der Waals surface area contributed by atoms with Crippen LogP contribution in [0.5, 0.6) is 5.75 Å². The predicted molar refractivity (Wildman–Crippen MR) is 98.5 cm³/mol.